The molecular weight excluding hydrogens is 333 g/mol. The molecule has 1 aliphatic rings. The molecule has 3 rings (SSSR count). The number of aliphatic imine (C=N–C) groups is 1. The van der Waals surface area contributed by atoms with Crippen molar-refractivity contribution in [2.24, 2.45) is 10.7 Å². The van der Waals surface area contributed by atoms with Gasteiger partial charge in [-0.15, -0.1) is 12.4 Å². The third-order valence-electron chi connectivity index (χ3n) is 3.83. The molecule has 126 valence electrons. The van der Waals surface area contributed by atoms with Gasteiger partial charge in [-0.25, -0.2) is 4.39 Å². The number of nitrogens with two attached hydrogens (primary N) is 2. The fourth-order valence-electron chi connectivity index (χ4n) is 2.69. The van der Waals surface area contributed by atoms with Crippen LogP contribution in [0.1, 0.15) is 12.5 Å². The highest BCUT2D eigenvalue weighted by atomic mass is 35.5. The molecule has 24 heavy (non-hydrogen) atoms. The molecule has 0 saturated carbocycles. The van der Waals surface area contributed by atoms with E-state index in [0.717, 1.165) is 0 Å². The van der Waals surface area contributed by atoms with Crippen LogP contribution in [0.25, 0.3) is 0 Å². The Hall–Kier alpha value is -2.67. The Kier molecular flexibility index (Phi) is 4.75. The van der Waals surface area contributed by atoms with Gasteiger partial charge >= 0.3 is 0 Å². The van der Waals surface area contributed by atoms with E-state index in [2.05, 4.69) is 9.98 Å². The van der Waals surface area contributed by atoms with Crippen molar-refractivity contribution in [3.63, 3.8) is 0 Å². The fourth-order valence-corrected chi connectivity index (χ4v) is 2.69. The maximum atomic E-state index is 14.3. The van der Waals surface area contributed by atoms with E-state index >= 15 is 0 Å². The Morgan fingerprint density at radius 1 is 1.29 bits per heavy atom. The highest BCUT2D eigenvalue weighted by Crippen LogP contribution is 2.34. The Balaban J connectivity index is 0.00000208. The molecule has 1 aromatic carbocycles. The number of carbonyl (C=O) groups is 1. The van der Waals surface area contributed by atoms with E-state index in [-0.39, 0.29) is 24.8 Å². The van der Waals surface area contributed by atoms with E-state index in [1.165, 1.54) is 23.1 Å². The monoisotopic (exact) mass is 349 g/mol. The SMILES string of the molecule is CC1(c2cc(N)ccc2F)CN(c2cccnc2)C(=O)C(N)=N1.Cl. The molecule has 0 bridgehead atoms. The van der Waals surface area contributed by atoms with Gasteiger partial charge in [0.25, 0.3) is 5.91 Å². The van der Waals surface area contributed by atoms with Crippen LogP contribution in [0, 0.1) is 5.82 Å². The molecule has 0 fully saturated rings. The highest BCUT2D eigenvalue weighted by molar-refractivity contribution is 6.42. The summed E-state index contributed by atoms with van der Waals surface area (Å²) in [6.45, 7) is 1.85. The molecule has 0 aliphatic carbocycles. The highest BCUT2D eigenvalue weighted by Gasteiger charge is 2.39. The number of hydrogen-bond acceptors (Lipinski definition) is 5. The molecule has 0 spiro atoms. The van der Waals surface area contributed by atoms with E-state index in [9.17, 15) is 9.18 Å². The van der Waals surface area contributed by atoms with Gasteiger partial charge in [-0.1, -0.05) is 0 Å². The van der Waals surface area contributed by atoms with Crippen LogP contribution in [0.5, 0.6) is 0 Å². The van der Waals surface area contributed by atoms with Crippen molar-refractivity contribution in [3.05, 3.63) is 54.1 Å². The average molecular weight is 350 g/mol. The van der Waals surface area contributed by atoms with E-state index < -0.39 is 17.3 Å². The quantitative estimate of drug-likeness (QED) is 0.808. The number of nitrogen functional groups attached to an aromatic ring is 1. The Labute approximate surface area is 144 Å². The summed E-state index contributed by atoms with van der Waals surface area (Å²) in [5.41, 5.74) is 11.8. The number of carbonyl (C=O) groups excluding carboxylic acids is 1. The van der Waals surface area contributed by atoms with Crippen LogP contribution in [0.2, 0.25) is 0 Å². The van der Waals surface area contributed by atoms with Gasteiger partial charge in [-0.05, 0) is 37.3 Å². The maximum Gasteiger partial charge on any atom is 0.293 e. The average Bonchev–Trinajstić information content (AvgIpc) is 2.54. The minimum absolute atomic E-state index is 0. The molecule has 0 saturated heterocycles. The maximum absolute atomic E-state index is 14.3. The van der Waals surface area contributed by atoms with Crippen LogP contribution >= 0.6 is 12.4 Å². The second kappa shape index (κ2) is 6.45. The molecule has 2 heterocycles. The second-order valence-corrected chi connectivity index (χ2v) is 5.61. The number of hydrogen-bond donors (Lipinski definition) is 2. The summed E-state index contributed by atoms with van der Waals surface area (Å²) in [5, 5.41) is 0. The predicted molar refractivity (Wildman–Crippen MR) is 93.6 cm³/mol. The lowest BCUT2D eigenvalue weighted by atomic mass is 9.89. The summed E-state index contributed by atoms with van der Waals surface area (Å²) >= 11 is 0. The zero-order chi connectivity index (χ0) is 16.6. The topological polar surface area (TPSA) is 97.6 Å². The molecule has 1 aromatic heterocycles. The minimum atomic E-state index is -1.03. The van der Waals surface area contributed by atoms with Crippen LogP contribution in [-0.4, -0.2) is 23.3 Å². The zero-order valence-electron chi connectivity index (χ0n) is 12.9. The molecule has 0 radical (unpaired) electrons. The van der Waals surface area contributed by atoms with Crippen LogP contribution < -0.4 is 16.4 Å². The van der Waals surface area contributed by atoms with E-state index in [0.29, 0.717) is 16.9 Å². The lowest BCUT2D eigenvalue weighted by Gasteiger charge is -2.37. The van der Waals surface area contributed by atoms with Crippen molar-refractivity contribution in [2.75, 3.05) is 17.2 Å². The van der Waals surface area contributed by atoms with Gasteiger partial charge in [0.1, 0.15) is 11.4 Å². The first-order chi connectivity index (χ1) is 10.9. The van der Waals surface area contributed by atoms with Gasteiger partial charge in [0.2, 0.25) is 0 Å². The third-order valence-corrected chi connectivity index (χ3v) is 3.83. The summed E-state index contributed by atoms with van der Waals surface area (Å²) in [5.74, 6) is -1.05. The van der Waals surface area contributed by atoms with Crippen molar-refractivity contribution < 1.29 is 9.18 Å². The fraction of sp³-hybridized carbons (Fsp3) is 0.188. The molecule has 1 aliphatic heterocycles. The molecule has 6 nitrogen and oxygen atoms in total. The number of rotatable bonds is 2. The summed E-state index contributed by atoms with van der Waals surface area (Å²) in [4.78, 5) is 22.0. The van der Waals surface area contributed by atoms with Crippen molar-refractivity contribution >= 4 is 35.5 Å². The van der Waals surface area contributed by atoms with Crippen LogP contribution in [-0.2, 0) is 10.3 Å². The third kappa shape index (κ3) is 3.03. The van der Waals surface area contributed by atoms with Crippen molar-refractivity contribution in [1.82, 2.24) is 4.98 Å². The predicted octanol–water partition coefficient (Wildman–Crippen LogP) is 1.84. The van der Waals surface area contributed by atoms with Gasteiger partial charge in [-0.3, -0.25) is 14.8 Å². The number of halogens is 2. The number of benzene rings is 1. The van der Waals surface area contributed by atoms with Crippen molar-refractivity contribution in [1.29, 1.82) is 0 Å². The Morgan fingerprint density at radius 2 is 2.04 bits per heavy atom. The number of aromatic nitrogens is 1. The molecule has 8 heteroatoms. The summed E-state index contributed by atoms with van der Waals surface area (Å²) in [6, 6.07) is 7.72. The molecule has 4 N–H and O–H groups in total. The Bertz CT molecular complexity index is 798. The summed E-state index contributed by atoms with van der Waals surface area (Å²) in [7, 11) is 0. The standard InChI is InChI=1S/C16H16FN5O.ClH/c1-16(12-7-10(18)4-5-13(12)17)9-22(15(23)14(19)21-16)11-3-2-6-20-8-11;/h2-8H,9,18H2,1H3,(H2,19,21);1H. The van der Waals surface area contributed by atoms with Crippen LogP contribution in [0.15, 0.2) is 47.7 Å². The number of pyridine rings is 1. The molecule has 2 aromatic rings. The van der Waals surface area contributed by atoms with Crippen LogP contribution in [0.4, 0.5) is 15.8 Å². The van der Waals surface area contributed by atoms with Gasteiger partial charge < -0.3 is 16.4 Å². The first-order valence-corrected chi connectivity index (χ1v) is 7.03. The van der Waals surface area contributed by atoms with Gasteiger partial charge in [-0.2, -0.15) is 0 Å². The van der Waals surface area contributed by atoms with Gasteiger partial charge in [0, 0.05) is 17.4 Å². The van der Waals surface area contributed by atoms with Crippen molar-refractivity contribution in [2.45, 2.75) is 12.5 Å². The molecule has 1 atom stereocenters. The van der Waals surface area contributed by atoms with E-state index in [4.69, 9.17) is 11.5 Å². The smallest absolute Gasteiger partial charge is 0.293 e. The zero-order valence-corrected chi connectivity index (χ0v) is 13.8. The lowest BCUT2D eigenvalue weighted by Crippen LogP contribution is -2.52. The first-order valence-electron chi connectivity index (χ1n) is 7.03. The van der Waals surface area contributed by atoms with Crippen molar-refractivity contribution in [3.8, 4) is 0 Å². The first kappa shape index (κ1) is 17.7. The van der Waals surface area contributed by atoms with Gasteiger partial charge in [0.15, 0.2) is 5.84 Å². The Morgan fingerprint density at radius 3 is 2.71 bits per heavy atom. The van der Waals surface area contributed by atoms with E-state index in [1.807, 2.05) is 0 Å². The lowest BCUT2D eigenvalue weighted by molar-refractivity contribution is -0.113. The summed E-state index contributed by atoms with van der Waals surface area (Å²) < 4.78 is 14.3. The number of anilines is 2. The molecular formula is C16H17ClFN5O. The molecule has 1 amide bonds. The van der Waals surface area contributed by atoms with Gasteiger partial charge in [0.05, 0.1) is 18.4 Å². The molecule has 1 unspecified atom stereocenters. The normalized spacial score (nSPS) is 20.3. The second-order valence-electron chi connectivity index (χ2n) is 5.61. The number of amidine groups is 1. The summed E-state index contributed by atoms with van der Waals surface area (Å²) in [6.07, 6.45) is 3.15. The van der Waals surface area contributed by atoms with Crippen LogP contribution in [0.3, 0.4) is 0 Å². The number of amides is 1. The largest absolute Gasteiger partial charge is 0.399 e. The number of nitrogens with zero attached hydrogens (tertiary/aromatic N) is 3. The van der Waals surface area contributed by atoms with E-state index in [1.54, 1.807) is 31.5 Å². The minimum Gasteiger partial charge on any atom is -0.399 e.